The fraction of sp³-hybridized carbons (Fsp3) is 0.450. The number of nitrogens with one attached hydrogen (secondary N) is 2. The van der Waals surface area contributed by atoms with Gasteiger partial charge >= 0.3 is 11.8 Å². The maximum Gasteiger partial charge on any atom is 0.314 e. The van der Waals surface area contributed by atoms with Crippen LogP contribution in [-0.4, -0.2) is 49.3 Å². The molecular weight excluding hydrogens is 408 g/mol. The number of aromatic nitrogens is 2. The zero-order chi connectivity index (χ0) is 21.5. The maximum absolute atomic E-state index is 12.5. The highest BCUT2D eigenvalue weighted by atomic mass is 32.2. The third-order valence-electron chi connectivity index (χ3n) is 5.32. The standard InChI is InChI=1S/C20H24N4O5S/c1-12-5-6-17(13(2)8-12)24-18(15-10-30(27,28)11-16(15)23-24)22-20(26)19(25)21-9-14-4-3-7-29-14/h5-6,8,14H,3-4,7,9-11H2,1-2H3,(H,21,25)(H,22,26)/t14-/m1/s1. The van der Waals surface area contributed by atoms with Gasteiger partial charge in [0.15, 0.2) is 9.84 Å². The Morgan fingerprint density at radius 1 is 1.23 bits per heavy atom. The fourth-order valence-corrected chi connectivity index (χ4v) is 5.34. The first-order valence-corrected chi connectivity index (χ1v) is 11.7. The van der Waals surface area contributed by atoms with Crippen molar-refractivity contribution < 1.29 is 22.7 Å². The molecule has 9 nitrogen and oxygen atoms in total. The van der Waals surface area contributed by atoms with Gasteiger partial charge in [-0.1, -0.05) is 17.7 Å². The molecule has 0 unspecified atom stereocenters. The number of amides is 2. The summed E-state index contributed by atoms with van der Waals surface area (Å²) in [5.41, 5.74) is 3.51. The average molecular weight is 433 g/mol. The van der Waals surface area contributed by atoms with E-state index in [1.807, 2.05) is 32.0 Å². The molecule has 30 heavy (non-hydrogen) atoms. The van der Waals surface area contributed by atoms with Crippen molar-refractivity contribution in [1.29, 1.82) is 0 Å². The van der Waals surface area contributed by atoms with Gasteiger partial charge in [-0.25, -0.2) is 13.1 Å². The summed E-state index contributed by atoms with van der Waals surface area (Å²) in [7, 11) is -3.32. The number of ether oxygens (including phenoxy) is 1. The molecule has 10 heteroatoms. The van der Waals surface area contributed by atoms with Crippen molar-refractivity contribution in [3.8, 4) is 5.69 Å². The summed E-state index contributed by atoms with van der Waals surface area (Å²) in [5, 5.41) is 9.60. The third kappa shape index (κ3) is 4.10. The van der Waals surface area contributed by atoms with Crippen molar-refractivity contribution in [3.05, 3.63) is 40.6 Å². The Labute approximate surface area is 174 Å². The van der Waals surface area contributed by atoms with Crippen LogP contribution in [0.4, 0.5) is 5.82 Å². The van der Waals surface area contributed by atoms with Crippen LogP contribution in [0.1, 0.15) is 35.2 Å². The number of aryl methyl sites for hydroxylation is 2. The van der Waals surface area contributed by atoms with Gasteiger partial charge in [0.25, 0.3) is 0 Å². The van der Waals surface area contributed by atoms with E-state index in [1.165, 1.54) is 4.68 Å². The minimum absolute atomic E-state index is 0.0862. The largest absolute Gasteiger partial charge is 0.376 e. The SMILES string of the molecule is Cc1ccc(-n2nc3c(c2NC(=O)C(=O)NC[C@H]2CCCO2)CS(=O)(=O)C3)c(C)c1. The summed E-state index contributed by atoms with van der Waals surface area (Å²) in [6.45, 7) is 4.79. The van der Waals surface area contributed by atoms with E-state index in [1.54, 1.807) is 0 Å². The molecule has 0 saturated carbocycles. The van der Waals surface area contributed by atoms with Gasteiger partial charge < -0.3 is 15.4 Å². The number of carbonyl (C=O) groups is 2. The van der Waals surface area contributed by atoms with Crippen molar-refractivity contribution in [2.24, 2.45) is 0 Å². The van der Waals surface area contributed by atoms with Crippen LogP contribution in [0.3, 0.4) is 0 Å². The van der Waals surface area contributed by atoms with Gasteiger partial charge in [0.1, 0.15) is 5.82 Å². The molecule has 2 N–H and O–H groups in total. The van der Waals surface area contributed by atoms with Crippen LogP contribution < -0.4 is 10.6 Å². The van der Waals surface area contributed by atoms with Gasteiger partial charge in [0.2, 0.25) is 0 Å². The Morgan fingerprint density at radius 3 is 2.73 bits per heavy atom. The van der Waals surface area contributed by atoms with Crippen molar-refractivity contribution >= 4 is 27.5 Å². The summed E-state index contributed by atoms with van der Waals surface area (Å²) >= 11 is 0. The highest BCUT2D eigenvalue weighted by Gasteiger charge is 2.34. The van der Waals surface area contributed by atoms with E-state index in [-0.39, 0.29) is 30.0 Å². The van der Waals surface area contributed by atoms with Crippen LogP contribution >= 0.6 is 0 Å². The fourth-order valence-electron chi connectivity index (χ4n) is 3.84. The summed E-state index contributed by atoms with van der Waals surface area (Å²) in [4.78, 5) is 24.8. The molecule has 2 aliphatic rings. The number of benzene rings is 1. The van der Waals surface area contributed by atoms with Gasteiger partial charge in [0.05, 0.1) is 29.0 Å². The molecule has 0 bridgehead atoms. The molecule has 4 rings (SSSR count). The molecule has 0 spiro atoms. The van der Waals surface area contributed by atoms with E-state index < -0.39 is 21.7 Å². The monoisotopic (exact) mass is 432 g/mol. The minimum Gasteiger partial charge on any atom is -0.376 e. The van der Waals surface area contributed by atoms with Crippen LogP contribution in [0.15, 0.2) is 18.2 Å². The average Bonchev–Trinajstić information content (AvgIpc) is 3.36. The van der Waals surface area contributed by atoms with Crippen LogP contribution in [-0.2, 0) is 35.7 Å². The molecule has 1 saturated heterocycles. The minimum atomic E-state index is -3.32. The molecule has 0 radical (unpaired) electrons. The Bertz CT molecular complexity index is 1120. The summed E-state index contributed by atoms with van der Waals surface area (Å²) in [6.07, 6.45) is 1.69. The van der Waals surface area contributed by atoms with E-state index in [4.69, 9.17) is 4.74 Å². The third-order valence-corrected chi connectivity index (χ3v) is 6.76. The predicted octanol–water partition coefficient (Wildman–Crippen LogP) is 1.15. The molecule has 1 aromatic heterocycles. The summed E-state index contributed by atoms with van der Waals surface area (Å²) in [6, 6.07) is 5.74. The number of hydrogen-bond acceptors (Lipinski definition) is 6. The second kappa shape index (κ2) is 7.84. The second-order valence-corrected chi connectivity index (χ2v) is 9.87. The van der Waals surface area contributed by atoms with Crippen LogP contribution in [0.5, 0.6) is 0 Å². The molecule has 1 aromatic carbocycles. The van der Waals surface area contributed by atoms with Crippen LogP contribution in [0, 0.1) is 13.8 Å². The molecule has 160 valence electrons. The Kier molecular flexibility index (Phi) is 5.37. The van der Waals surface area contributed by atoms with E-state index in [9.17, 15) is 18.0 Å². The molecular formula is C20H24N4O5S. The first kappa shape index (κ1) is 20.5. The predicted molar refractivity (Wildman–Crippen MR) is 110 cm³/mol. The molecule has 1 atom stereocenters. The summed E-state index contributed by atoms with van der Waals surface area (Å²) in [5.74, 6) is -1.86. The number of rotatable bonds is 4. The van der Waals surface area contributed by atoms with Crippen LogP contribution in [0.25, 0.3) is 5.69 Å². The van der Waals surface area contributed by atoms with E-state index in [0.29, 0.717) is 23.6 Å². The molecule has 2 amide bonds. The molecule has 3 heterocycles. The maximum atomic E-state index is 12.5. The van der Waals surface area contributed by atoms with E-state index >= 15 is 0 Å². The van der Waals surface area contributed by atoms with Crippen LogP contribution in [0.2, 0.25) is 0 Å². The Hall–Kier alpha value is -2.72. The molecule has 2 aromatic rings. The van der Waals surface area contributed by atoms with Gasteiger partial charge in [-0.15, -0.1) is 0 Å². The Morgan fingerprint density at radius 2 is 2.03 bits per heavy atom. The number of sulfone groups is 1. The number of anilines is 1. The van der Waals surface area contributed by atoms with Gasteiger partial charge in [-0.05, 0) is 38.3 Å². The highest BCUT2D eigenvalue weighted by molar-refractivity contribution is 7.90. The zero-order valence-electron chi connectivity index (χ0n) is 16.9. The topological polar surface area (TPSA) is 119 Å². The smallest absolute Gasteiger partial charge is 0.314 e. The number of carbonyl (C=O) groups excluding carboxylic acids is 2. The molecule has 0 aliphatic carbocycles. The molecule has 2 aliphatic heterocycles. The normalized spacial score (nSPS) is 19.5. The second-order valence-electron chi connectivity index (χ2n) is 7.81. The molecule has 1 fully saturated rings. The lowest BCUT2D eigenvalue weighted by Gasteiger charge is -2.14. The van der Waals surface area contributed by atoms with Crippen molar-refractivity contribution in [1.82, 2.24) is 15.1 Å². The lowest BCUT2D eigenvalue weighted by atomic mass is 10.1. The number of fused-ring (bicyclic) bond motifs is 1. The van der Waals surface area contributed by atoms with Gasteiger partial charge in [-0.3, -0.25) is 9.59 Å². The first-order valence-electron chi connectivity index (χ1n) is 9.83. The lowest BCUT2D eigenvalue weighted by molar-refractivity contribution is -0.136. The van der Waals surface area contributed by atoms with E-state index in [2.05, 4.69) is 15.7 Å². The van der Waals surface area contributed by atoms with Gasteiger partial charge in [-0.2, -0.15) is 5.10 Å². The van der Waals surface area contributed by atoms with Crippen molar-refractivity contribution in [2.45, 2.75) is 44.3 Å². The first-order chi connectivity index (χ1) is 14.2. The van der Waals surface area contributed by atoms with E-state index in [0.717, 1.165) is 24.0 Å². The number of nitrogens with zero attached hydrogens (tertiary/aromatic N) is 2. The van der Waals surface area contributed by atoms with Crippen molar-refractivity contribution in [3.63, 3.8) is 0 Å². The summed E-state index contributed by atoms with van der Waals surface area (Å²) < 4.78 is 31.1. The zero-order valence-corrected chi connectivity index (χ0v) is 17.7. The quantitative estimate of drug-likeness (QED) is 0.700. The van der Waals surface area contributed by atoms with Crippen molar-refractivity contribution in [2.75, 3.05) is 18.5 Å². The Balaban J connectivity index is 1.61. The van der Waals surface area contributed by atoms with Gasteiger partial charge in [0, 0.05) is 18.7 Å². The lowest BCUT2D eigenvalue weighted by Crippen LogP contribution is -2.39. The highest BCUT2D eigenvalue weighted by Crippen LogP contribution is 2.33. The number of hydrogen-bond donors (Lipinski definition) is 2.